The molecule has 1 aliphatic rings. The molecule has 1 saturated heterocycles. The van der Waals surface area contributed by atoms with Crippen LogP contribution in [0.5, 0.6) is 0 Å². The van der Waals surface area contributed by atoms with Crippen LogP contribution < -0.4 is 10.6 Å². The fourth-order valence-electron chi connectivity index (χ4n) is 3.09. The molecular formula is C22H37N5O2. The van der Waals surface area contributed by atoms with Gasteiger partial charge in [-0.3, -0.25) is 9.69 Å². The van der Waals surface area contributed by atoms with Gasteiger partial charge in [-0.15, -0.1) is 0 Å². The number of benzene rings is 1. The van der Waals surface area contributed by atoms with Crippen LogP contribution in [-0.4, -0.2) is 81.7 Å². The van der Waals surface area contributed by atoms with Crippen molar-refractivity contribution in [3.05, 3.63) is 35.9 Å². The third-order valence-electron chi connectivity index (χ3n) is 5.34. The second kappa shape index (κ2) is 12.4. The van der Waals surface area contributed by atoms with Crippen molar-refractivity contribution in [3.63, 3.8) is 0 Å². The molecule has 1 aromatic rings. The molecule has 1 amide bonds. The quantitative estimate of drug-likeness (QED) is 0.458. The summed E-state index contributed by atoms with van der Waals surface area (Å²) in [6, 6.07) is 10.9. The molecule has 1 aromatic carbocycles. The lowest BCUT2D eigenvalue weighted by Crippen LogP contribution is -2.42. The van der Waals surface area contributed by atoms with Crippen molar-refractivity contribution in [2.24, 2.45) is 10.9 Å². The van der Waals surface area contributed by atoms with Crippen molar-refractivity contribution < 1.29 is 9.53 Å². The number of nitrogens with one attached hydrogen (secondary N) is 2. The Morgan fingerprint density at radius 2 is 2.00 bits per heavy atom. The molecule has 1 aliphatic heterocycles. The maximum Gasteiger partial charge on any atom is 0.243 e. The van der Waals surface area contributed by atoms with Gasteiger partial charge in [0, 0.05) is 52.3 Å². The highest BCUT2D eigenvalue weighted by atomic mass is 16.5. The molecule has 2 atom stereocenters. The molecule has 0 radical (unpaired) electrons. The van der Waals surface area contributed by atoms with Gasteiger partial charge in [0.05, 0.1) is 6.61 Å². The van der Waals surface area contributed by atoms with E-state index in [9.17, 15) is 4.79 Å². The fourth-order valence-corrected chi connectivity index (χ4v) is 3.09. The summed E-state index contributed by atoms with van der Waals surface area (Å²) in [5, 5.41) is 6.76. The average Bonchev–Trinajstić information content (AvgIpc) is 3.23. The molecule has 1 heterocycles. The topological polar surface area (TPSA) is 69.2 Å². The van der Waals surface area contributed by atoms with Crippen LogP contribution in [0.2, 0.25) is 0 Å². The first-order valence-electron chi connectivity index (χ1n) is 10.5. The van der Waals surface area contributed by atoms with Crippen molar-refractivity contribution in [2.45, 2.75) is 32.4 Å². The van der Waals surface area contributed by atoms with Crippen molar-refractivity contribution in [2.75, 3.05) is 54.0 Å². The number of ether oxygens (including phenoxy) is 1. The third-order valence-corrected chi connectivity index (χ3v) is 5.34. The molecule has 2 rings (SSSR count). The lowest BCUT2D eigenvalue weighted by Gasteiger charge is -2.25. The monoisotopic (exact) mass is 403 g/mol. The number of amides is 1. The highest BCUT2D eigenvalue weighted by Crippen LogP contribution is 2.10. The van der Waals surface area contributed by atoms with Crippen LogP contribution in [0.25, 0.3) is 0 Å². The van der Waals surface area contributed by atoms with Crippen molar-refractivity contribution in [1.82, 2.24) is 20.4 Å². The normalized spacial score (nSPS) is 18.0. The molecule has 1 fully saturated rings. The van der Waals surface area contributed by atoms with Crippen LogP contribution in [0.15, 0.2) is 35.3 Å². The second-order valence-corrected chi connectivity index (χ2v) is 8.03. The Bertz CT molecular complexity index is 629. The van der Waals surface area contributed by atoms with E-state index in [1.807, 2.05) is 6.07 Å². The predicted octanol–water partition coefficient (Wildman–Crippen LogP) is 1.56. The number of hydrogen-bond acceptors (Lipinski definition) is 4. The summed E-state index contributed by atoms with van der Waals surface area (Å²) in [4.78, 5) is 20.3. The first kappa shape index (κ1) is 23.2. The van der Waals surface area contributed by atoms with Crippen LogP contribution >= 0.6 is 0 Å². The Morgan fingerprint density at radius 3 is 2.66 bits per heavy atom. The van der Waals surface area contributed by atoms with Crippen molar-refractivity contribution in [1.29, 1.82) is 0 Å². The van der Waals surface area contributed by atoms with Crippen LogP contribution in [-0.2, 0) is 16.1 Å². The number of aliphatic imine (C=N–C) groups is 1. The highest BCUT2D eigenvalue weighted by Gasteiger charge is 2.16. The molecule has 7 heteroatoms. The summed E-state index contributed by atoms with van der Waals surface area (Å²) >= 11 is 0. The van der Waals surface area contributed by atoms with E-state index in [1.165, 1.54) is 5.56 Å². The van der Waals surface area contributed by atoms with E-state index in [4.69, 9.17) is 4.74 Å². The molecule has 0 spiro atoms. The summed E-state index contributed by atoms with van der Waals surface area (Å²) < 4.78 is 5.44. The predicted molar refractivity (Wildman–Crippen MR) is 118 cm³/mol. The summed E-state index contributed by atoms with van der Waals surface area (Å²) in [5.74, 6) is 1.19. The minimum absolute atomic E-state index is 0.00809. The molecule has 0 aliphatic carbocycles. The molecule has 162 valence electrons. The minimum Gasteiger partial charge on any atom is -0.381 e. The van der Waals surface area contributed by atoms with Gasteiger partial charge >= 0.3 is 0 Å². The largest absolute Gasteiger partial charge is 0.381 e. The summed E-state index contributed by atoms with van der Waals surface area (Å²) in [7, 11) is 5.65. The standard InChI is InChI=1S/C22H37N5O2/c1-18(27(4)16-19-8-6-5-7-9-19)10-12-23-22(25-15-21(28)26(2)3)24-14-20-11-13-29-17-20/h5-9,18,20H,10-17H2,1-4H3,(H2,23,24,25). The third kappa shape index (κ3) is 8.83. The van der Waals surface area contributed by atoms with Gasteiger partial charge in [0.2, 0.25) is 5.91 Å². The molecular weight excluding hydrogens is 366 g/mol. The number of guanidine groups is 1. The lowest BCUT2D eigenvalue weighted by atomic mass is 10.1. The first-order valence-corrected chi connectivity index (χ1v) is 10.5. The first-order chi connectivity index (χ1) is 14.0. The smallest absolute Gasteiger partial charge is 0.243 e. The molecule has 2 unspecified atom stereocenters. The number of hydrogen-bond donors (Lipinski definition) is 2. The molecule has 2 N–H and O–H groups in total. The van der Waals surface area contributed by atoms with Gasteiger partial charge in [0.15, 0.2) is 5.96 Å². The van der Waals surface area contributed by atoms with Crippen LogP contribution in [0, 0.1) is 5.92 Å². The van der Waals surface area contributed by atoms with Gasteiger partial charge in [-0.25, -0.2) is 4.99 Å². The molecule has 0 saturated carbocycles. The zero-order chi connectivity index (χ0) is 21.1. The average molecular weight is 404 g/mol. The van der Waals surface area contributed by atoms with Crippen molar-refractivity contribution >= 4 is 11.9 Å². The lowest BCUT2D eigenvalue weighted by molar-refractivity contribution is -0.127. The zero-order valence-corrected chi connectivity index (χ0v) is 18.4. The van der Waals surface area contributed by atoms with E-state index in [1.54, 1.807) is 19.0 Å². The number of carbonyl (C=O) groups is 1. The van der Waals surface area contributed by atoms with Gasteiger partial charge in [-0.2, -0.15) is 0 Å². The van der Waals surface area contributed by atoms with Gasteiger partial charge < -0.3 is 20.3 Å². The molecule has 7 nitrogen and oxygen atoms in total. The van der Waals surface area contributed by atoms with Crippen LogP contribution in [0.3, 0.4) is 0 Å². The second-order valence-electron chi connectivity index (χ2n) is 8.03. The Hall–Kier alpha value is -2.12. The summed E-state index contributed by atoms with van der Waals surface area (Å²) in [6.07, 6.45) is 2.05. The highest BCUT2D eigenvalue weighted by molar-refractivity contribution is 5.84. The maximum atomic E-state index is 11.9. The van der Waals surface area contributed by atoms with Gasteiger partial charge in [-0.05, 0) is 32.4 Å². The Labute approximate surface area is 175 Å². The number of rotatable bonds is 10. The van der Waals surface area contributed by atoms with Crippen molar-refractivity contribution in [3.8, 4) is 0 Å². The Balaban J connectivity index is 1.79. The Morgan fingerprint density at radius 1 is 1.24 bits per heavy atom. The van der Waals surface area contributed by atoms with E-state index in [0.717, 1.165) is 45.7 Å². The number of carbonyl (C=O) groups excluding carboxylic acids is 1. The Kier molecular flexibility index (Phi) is 9.94. The van der Waals surface area contributed by atoms with Gasteiger partial charge in [0.1, 0.15) is 6.54 Å². The molecule has 0 aromatic heterocycles. The number of likely N-dealkylation sites (N-methyl/N-ethyl adjacent to an activating group) is 1. The van der Waals surface area contributed by atoms with Gasteiger partial charge in [-0.1, -0.05) is 30.3 Å². The minimum atomic E-state index is -0.00809. The fraction of sp³-hybridized carbons (Fsp3) is 0.636. The summed E-state index contributed by atoms with van der Waals surface area (Å²) in [6.45, 7) is 6.54. The zero-order valence-electron chi connectivity index (χ0n) is 18.4. The van der Waals surface area contributed by atoms with Gasteiger partial charge in [0.25, 0.3) is 0 Å². The van der Waals surface area contributed by atoms with Crippen LogP contribution in [0.4, 0.5) is 0 Å². The molecule has 0 bridgehead atoms. The van der Waals surface area contributed by atoms with Crippen LogP contribution in [0.1, 0.15) is 25.3 Å². The summed E-state index contributed by atoms with van der Waals surface area (Å²) in [5.41, 5.74) is 1.32. The van der Waals surface area contributed by atoms with E-state index in [0.29, 0.717) is 17.9 Å². The maximum absolute atomic E-state index is 11.9. The van der Waals surface area contributed by atoms with E-state index in [-0.39, 0.29) is 12.5 Å². The SMILES string of the molecule is CC(CCNC(=NCC(=O)N(C)C)NCC1CCOC1)N(C)Cc1ccccc1. The molecule has 29 heavy (non-hydrogen) atoms. The van der Waals surface area contributed by atoms with E-state index in [2.05, 4.69) is 58.8 Å². The number of nitrogens with zero attached hydrogens (tertiary/aromatic N) is 3. The van der Waals surface area contributed by atoms with E-state index >= 15 is 0 Å². The van der Waals surface area contributed by atoms with E-state index < -0.39 is 0 Å².